The summed E-state index contributed by atoms with van der Waals surface area (Å²) in [6.45, 7) is -0.448. The predicted octanol–water partition coefficient (Wildman–Crippen LogP) is 2.55. The van der Waals surface area contributed by atoms with Gasteiger partial charge >= 0.3 is 6.18 Å². The van der Waals surface area contributed by atoms with Crippen LogP contribution in [0.5, 0.6) is 0 Å². The van der Waals surface area contributed by atoms with Crippen LogP contribution in [0.4, 0.5) is 13.2 Å². The molecule has 1 fully saturated rings. The van der Waals surface area contributed by atoms with E-state index in [1.165, 1.54) is 0 Å². The Bertz CT molecular complexity index is 165. The molecule has 0 atom stereocenters. The lowest BCUT2D eigenvalue weighted by Crippen LogP contribution is -2.33. The van der Waals surface area contributed by atoms with Crippen LogP contribution in [-0.2, 0) is 0 Å². The van der Waals surface area contributed by atoms with E-state index < -0.39 is 12.7 Å². The van der Waals surface area contributed by atoms with Gasteiger partial charge in [-0.25, -0.2) is 0 Å². The van der Waals surface area contributed by atoms with Gasteiger partial charge in [0.15, 0.2) is 0 Å². The van der Waals surface area contributed by atoms with Crippen LogP contribution in [-0.4, -0.2) is 25.1 Å². The van der Waals surface area contributed by atoms with Crippen LogP contribution in [0.3, 0.4) is 0 Å². The lowest BCUT2D eigenvalue weighted by Gasteiger charge is -2.15. The van der Waals surface area contributed by atoms with Gasteiger partial charge in [-0.05, 0) is 24.7 Å². The monoisotopic (exact) mass is 215 g/mol. The Kier molecular flexibility index (Phi) is 3.46. The minimum atomic E-state index is -4.10. The summed E-state index contributed by atoms with van der Waals surface area (Å²) in [5.41, 5.74) is 0.0764. The fraction of sp³-hybridized carbons (Fsp3) is 1.00. The van der Waals surface area contributed by atoms with Crippen LogP contribution >= 0.6 is 11.6 Å². The normalized spacial score (nSPS) is 20.3. The maximum Gasteiger partial charge on any atom is 0.401 e. The first-order chi connectivity index (χ1) is 5.97. The molecule has 1 nitrogen and oxygen atoms in total. The van der Waals surface area contributed by atoms with E-state index in [1.54, 1.807) is 0 Å². The smallest absolute Gasteiger partial charge is 0.308 e. The molecule has 0 bridgehead atoms. The van der Waals surface area contributed by atoms with Gasteiger partial charge in [-0.3, -0.25) is 0 Å². The van der Waals surface area contributed by atoms with Gasteiger partial charge in [0.25, 0.3) is 0 Å². The Morgan fingerprint density at radius 3 is 2.31 bits per heavy atom. The van der Waals surface area contributed by atoms with Gasteiger partial charge in [0, 0.05) is 12.4 Å². The summed E-state index contributed by atoms with van der Waals surface area (Å²) in [5.74, 6) is 0.535. The molecular weight excluding hydrogens is 203 g/mol. The van der Waals surface area contributed by atoms with Crippen molar-refractivity contribution in [3.63, 3.8) is 0 Å². The zero-order valence-electron chi connectivity index (χ0n) is 7.25. The molecule has 1 aliphatic carbocycles. The Morgan fingerprint density at radius 2 is 1.92 bits per heavy atom. The standard InChI is InChI=1S/C8H13ClF3N/c9-4-3-7(1-2-7)5-13-6-8(10,11)12/h13H,1-6H2. The molecule has 1 N–H and O–H groups in total. The lowest BCUT2D eigenvalue weighted by atomic mass is 10.0. The molecule has 0 amide bonds. The Hall–Kier alpha value is 0.0400. The first-order valence-electron chi connectivity index (χ1n) is 4.31. The van der Waals surface area contributed by atoms with E-state index in [1.807, 2.05) is 0 Å². The van der Waals surface area contributed by atoms with Gasteiger partial charge in [0.2, 0.25) is 0 Å². The second-order valence-electron chi connectivity index (χ2n) is 3.66. The second-order valence-corrected chi connectivity index (χ2v) is 4.04. The molecular formula is C8H13ClF3N. The van der Waals surface area contributed by atoms with Crippen molar-refractivity contribution in [2.75, 3.05) is 19.0 Å². The molecule has 5 heteroatoms. The van der Waals surface area contributed by atoms with Crippen LogP contribution < -0.4 is 5.32 Å². The molecule has 0 aromatic rings. The lowest BCUT2D eigenvalue weighted by molar-refractivity contribution is -0.125. The van der Waals surface area contributed by atoms with E-state index in [9.17, 15) is 13.2 Å². The molecule has 0 unspecified atom stereocenters. The van der Waals surface area contributed by atoms with Crippen molar-refractivity contribution >= 4 is 11.6 Å². The summed E-state index contributed by atoms with van der Waals surface area (Å²) < 4.78 is 35.2. The van der Waals surface area contributed by atoms with E-state index in [2.05, 4.69) is 5.32 Å². The van der Waals surface area contributed by atoms with Crippen molar-refractivity contribution in [3.8, 4) is 0 Å². The molecule has 1 aliphatic rings. The molecule has 1 rings (SSSR count). The van der Waals surface area contributed by atoms with Crippen molar-refractivity contribution in [3.05, 3.63) is 0 Å². The first kappa shape index (κ1) is 11.1. The molecule has 78 valence electrons. The maximum absolute atomic E-state index is 11.7. The van der Waals surface area contributed by atoms with E-state index in [4.69, 9.17) is 11.6 Å². The average Bonchev–Trinajstić information content (AvgIpc) is 2.67. The Morgan fingerprint density at radius 1 is 1.31 bits per heavy atom. The summed E-state index contributed by atoms with van der Waals surface area (Å²) in [5, 5.41) is 2.43. The number of hydrogen-bond acceptors (Lipinski definition) is 1. The number of halogens is 4. The third-order valence-corrected chi connectivity index (χ3v) is 2.60. The fourth-order valence-corrected chi connectivity index (χ4v) is 1.76. The quantitative estimate of drug-likeness (QED) is 0.695. The van der Waals surface area contributed by atoms with Crippen molar-refractivity contribution in [2.24, 2.45) is 5.41 Å². The van der Waals surface area contributed by atoms with Crippen molar-refractivity contribution < 1.29 is 13.2 Å². The van der Waals surface area contributed by atoms with Gasteiger partial charge in [0.05, 0.1) is 6.54 Å². The highest BCUT2D eigenvalue weighted by molar-refractivity contribution is 6.17. The number of hydrogen-bond donors (Lipinski definition) is 1. The zero-order valence-corrected chi connectivity index (χ0v) is 8.01. The summed E-state index contributed by atoms with van der Waals surface area (Å²) >= 11 is 5.54. The molecule has 0 aromatic heterocycles. The van der Waals surface area contributed by atoms with Gasteiger partial charge < -0.3 is 5.32 Å². The highest BCUT2D eigenvalue weighted by Crippen LogP contribution is 2.48. The summed E-state index contributed by atoms with van der Waals surface area (Å²) in [4.78, 5) is 0. The highest BCUT2D eigenvalue weighted by atomic mass is 35.5. The minimum absolute atomic E-state index is 0.0764. The van der Waals surface area contributed by atoms with Crippen LogP contribution in [0.1, 0.15) is 19.3 Å². The van der Waals surface area contributed by atoms with Gasteiger partial charge in [-0.2, -0.15) is 13.2 Å². The molecule has 0 heterocycles. The van der Waals surface area contributed by atoms with E-state index >= 15 is 0 Å². The molecule has 1 saturated carbocycles. The molecule has 0 aromatic carbocycles. The SMILES string of the molecule is FC(F)(F)CNCC1(CCCl)CC1. The average molecular weight is 216 g/mol. The highest BCUT2D eigenvalue weighted by Gasteiger charge is 2.42. The Balaban J connectivity index is 2.12. The van der Waals surface area contributed by atoms with Crippen molar-refractivity contribution in [2.45, 2.75) is 25.4 Å². The fourth-order valence-electron chi connectivity index (χ4n) is 1.36. The van der Waals surface area contributed by atoms with Crippen LogP contribution in [0.2, 0.25) is 0 Å². The number of rotatable bonds is 5. The van der Waals surface area contributed by atoms with Crippen molar-refractivity contribution in [1.29, 1.82) is 0 Å². The van der Waals surface area contributed by atoms with E-state index in [0.717, 1.165) is 19.3 Å². The molecule has 13 heavy (non-hydrogen) atoms. The minimum Gasteiger partial charge on any atom is -0.308 e. The third kappa shape index (κ3) is 4.18. The van der Waals surface area contributed by atoms with Crippen LogP contribution in [0.15, 0.2) is 0 Å². The molecule has 0 radical (unpaired) electrons. The molecule has 0 spiro atoms. The van der Waals surface area contributed by atoms with Gasteiger partial charge in [-0.1, -0.05) is 0 Å². The Labute approximate surface area is 80.6 Å². The van der Waals surface area contributed by atoms with Crippen LogP contribution in [0, 0.1) is 5.41 Å². The summed E-state index contributed by atoms with van der Waals surface area (Å²) in [6.07, 6.45) is -1.27. The third-order valence-electron chi connectivity index (χ3n) is 2.41. The summed E-state index contributed by atoms with van der Waals surface area (Å²) in [6, 6.07) is 0. The first-order valence-corrected chi connectivity index (χ1v) is 4.84. The maximum atomic E-state index is 11.7. The van der Waals surface area contributed by atoms with Crippen molar-refractivity contribution in [1.82, 2.24) is 5.32 Å². The van der Waals surface area contributed by atoms with Gasteiger partial charge in [0.1, 0.15) is 0 Å². The predicted molar refractivity (Wildman–Crippen MR) is 45.9 cm³/mol. The second kappa shape index (κ2) is 4.05. The van der Waals surface area contributed by atoms with E-state index in [0.29, 0.717) is 12.4 Å². The van der Waals surface area contributed by atoms with Crippen LogP contribution in [0.25, 0.3) is 0 Å². The molecule has 0 aliphatic heterocycles. The largest absolute Gasteiger partial charge is 0.401 e. The number of nitrogens with one attached hydrogen (secondary N) is 1. The molecule has 0 saturated heterocycles. The summed E-state index contributed by atoms with van der Waals surface area (Å²) in [7, 11) is 0. The zero-order chi connectivity index (χ0) is 9.95. The topological polar surface area (TPSA) is 12.0 Å². The number of alkyl halides is 4. The van der Waals surface area contributed by atoms with E-state index in [-0.39, 0.29) is 5.41 Å². The van der Waals surface area contributed by atoms with Gasteiger partial charge in [-0.15, -0.1) is 11.6 Å².